The number of hydrogen-bond donors (Lipinski definition) is 0. The Morgan fingerprint density at radius 2 is 0.429 bits per heavy atom. The normalized spacial score (nSPS) is 0. The van der Waals surface area contributed by atoms with Crippen LogP contribution in [-0.4, -0.2) is 27.4 Å². The molecule has 0 aliphatic rings. The maximum atomic E-state index is 0. The molecule has 10 N–H and O–H groups in total. The van der Waals surface area contributed by atoms with E-state index in [-0.39, 0.29) is 56.6 Å². The van der Waals surface area contributed by atoms with E-state index in [9.17, 15) is 0 Å². The predicted molar refractivity (Wildman–Crippen MR) is 18.1 cm³/mol. The number of rotatable bonds is 0. The van der Waals surface area contributed by atoms with Gasteiger partial charge in [-0.2, -0.15) is 0 Å². The third-order valence-electron chi connectivity index (χ3n) is 0. The molecule has 5 nitrogen and oxygen atoms in total. The van der Waals surface area contributed by atoms with E-state index >= 15 is 0 Å². The van der Waals surface area contributed by atoms with Crippen LogP contribution in [0.3, 0.4) is 0 Å². The second-order valence-electron chi connectivity index (χ2n) is 0. The van der Waals surface area contributed by atoms with E-state index in [2.05, 4.69) is 0 Å². The van der Waals surface area contributed by atoms with Crippen LogP contribution >= 0.6 is 0 Å². The van der Waals surface area contributed by atoms with Crippen molar-refractivity contribution in [3.05, 3.63) is 0 Å². The van der Waals surface area contributed by atoms with Crippen LogP contribution in [0.1, 0.15) is 0 Å². The first-order valence-corrected chi connectivity index (χ1v) is 0. The van der Waals surface area contributed by atoms with Gasteiger partial charge in [-0.1, -0.05) is 0 Å². The van der Waals surface area contributed by atoms with Gasteiger partial charge < -0.3 is 39.8 Å². The molecule has 0 aromatic rings. The van der Waals surface area contributed by atoms with E-state index in [0.717, 1.165) is 0 Å². The van der Waals surface area contributed by atoms with Crippen molar-refractivity contribution in [3.63, 3.8) is 0 Å². The molecule has 0 fully saturated rings. The van der Waals surface area contributed by atoms with Crippen LogP contribution in [0.5, 0.6) is 0 Å². The van der Waals surface area contributed by atoms with Crippen LogP contribution in [0.15, 0.2) is 0 Å². The minimum absolute atomic E-state index is 0. The number of hydrogen-bond acceptors (Lipinski definition) is 0. The molecule has 0 aromatic heterocycles. The van der Waals surface area contributed by atoms with Gasteiger partial charge in [0.25, 0.3) is 0 Å². The zero-order valence-corrected chi connectivity index (χ0v) is 5.01. The molecule has 0 aliphatic carbocycles. The van der Waals surface area contributed by atoms with Gasteiger partial charge in [0, 0.05) is 0 Å². The van der Waals surface area contributed by atoms with Crippen molar-refractivity contribution in [2.75, 3.05) is 0 Å². The van der Waals surface area contributed by atoms with Crippen LogP contribution in [0.4, 0.5) is 0 Å². The second kappa shape index (κ2) is 581. The first-order valence-electron chi connectivity index (χ1n) is 0. The summed E-state index contributed by atoms with van der Waals surface area (Å²) in [7, 11) is 0. The van der Waals surface area contributed by atoms with Crippen LogP contribution in [0, 0.1) is 0 Å². The molecule has 0 atom stereocenters. The molecule has 0 rings (SSSR count). The topological polar surface area (TPSA) is 158 Å². The molecule has 0 amide bonds. The summed E-state index contributed by atoms with van der Waals surface area (Å²) in [6.07, 6.45) is 0. The summed E-state index contributed by atoms with van der Waals surface area (Å²) >= 11 is 0. The fourth-order valence-electron chi connectivity index (χ4n) is 0. The van der Waals surface area contributed by atoms with Crippen molar-refractivity contribution in [1.82, 2.24) is 0 Å². The zero-order chi connectivity index (χ0) is 0. The minimum atomic E-state index is 0. The molecular formula is H10ClCoO5+. The maximum Gasteiger partial charge on any atom is 2.00 e. The van der Waals surface area contributed by atoms with Gasteiger partial charge in [0.05, 0.1) is 0 Å². The van der Waals surface area contributed by atoms with Crippen LogP contribution in [0.25, 0.3) is 0 Å². The van der Waals surface area contributed by atoms with Gasteiger partial charge in [0.1, 0.15) is 0 Å². The van der Waals surface area contributed by atoms with Crippen molar-refractivity contribution < 1.29 is 56.6 Å². The molecule has 0 aromatic carbocycles. The summed E-state index contributed by atoms with van der Waals surface area (Å²) in [5.74, 6) is 0. The largest absolute Gasteiger partial charge is 2.00 e. The average Bonchev–Trinajstić information content (AvgIpc) is 0. The molecule has 0 aliphatic heterocycles. The fraction of sp³-hybridized carbons (Fsp3) is 0. The number of halogens is 1. The second-order valence-corrected chi connectivity index (χ2v) is 0. The summed E-state index contributed by atoms with van der Waals surface area (Å²) in [6.45, 7) is 0. The Labute approximate surface area is 57.2 Å². The molecule has 0 spiro atoms. The van der Waals surface area contributed by atoms with E-state index in [1.165, 1.54) is 0 Å². The summed E-state index contributed by atoms with van der Waals surface area (Å²) in [5.41, 5.74) is 0. The van der Waals surface area contributed by atoms with Crippen molar-refractivity contribution in [2.45, 2.75) is 0 Å². The first-order chi connectivity index (χ1) is 0. The third-order valence-corrected chi connectivity index (χ3v) is 0. The summed E-state index contributed by atoms with van der Waals surface area (Å²) in [6, 6.07) is 0. The van der Waals surface area contributed by atoms with Crippen LogP contribution < -0.4 is 12.4 Å². The van der Waals surface area contributed by atoms with E-state index in [4.69, 9.17) is 0 Å². The zero-order valence-electron chi connectivity index (χ0n) is 3.21. The van der Waals surface area contributed by atoms with Gasteiger partial charge in [-0.3, -0.25) is 0 Å². The van der Waals surface area contributed by atoms with Crippen molar-refractivity contribution in [3.8, 4) is 0 Å². The van der Waals surface area contributed by atoms with E-state index in [1.807, 2.05) is 0 Å². The molecule has 55 valence electrons. The molecular weight excluding hydrogens is 174 g/mol. The van der Waals surface area contributed by atoms with Gasteiger partial charge in [-0.25, -0.2) is 0 Å². The molecule has 0 saturated carbocycles. The third kappa shape index (κ3) is 392. The Morgan fingerprint density at radius 1 is 0.429 bits per heavy atom. The van der Waals surface area contributed by atoms with E-state index < -0.39 is 0 Å². The molecule has 7 heavy (non-hydrogen) atoms. The first kappa shape index (κ1) is 929. The van der Waals surface area contributed by atoms with Crippen molar-refractivity contribution >= 4 is 0 Å². The van der Waals surface area contributed by atoms with Crippen molar-refractivity contribution in [1.29, 1.82) is 0 Å². The van der Waals surface area contributed by atoms with Gasteiger partial charge >= 0.3 is 16.8 Å². The van der Waals surface area contributed by atoms with Crippen LogP contribution in [-0.2, 0) is 16.8 Å². The Morgan fingerprint density at radius 3 is 0.429 bits per heavy atom. The Hall–Kier alpha value is 0.596. The van der Waals surface area contributed by atoms with Gasteiger partial charge in [0.2, 0.25) is 0 Å². The summed E-state index contributed by atoms with van der Waals surface area (Å²) in [4.78, 5) is 0. The monoisotopic (exact) mass is 184 g/mol. The van der Waals surface area contributed by atoms with Gasteiger partial charge in [-0.05, 0) is 0 Å². The predicted octanol–water partition coefficient (Wildman–Crippen LogP) is -7.12. The Balaban J connectivity index is 0. The quantitative estimate of drug-likeness (QED) is 0.350. The van der Waals surface area contributed by atoms with Gasteiger partial charge in [-0.15, -0.1) is 0 Å². The fourth-order valence-corrected chi connectivity index (χ4v) is 0. The minimum Gasteiger partial charge on any atom is -1.00 e. The molecule has 7 heteroatoms. The Bertz CT molecular complexity index is 8.04. The van der Waals surface area contributed by atoms with Crippen LogP contribution in [0.2, 0.25) is 0 Å². The SMILES string of the molecule is O.O.O.O.O.[Cl-].[Co+2]. The van der Waals surface area contributed by atoms with Crippen molar-refractivity contribution in [2.24, 2.45) is 0 Å². The average molecular weight is 184 g/mol. The molecule has 0 heterocycles. The summed E-state index contributed by atoms with van der Waals surface area (Å²) < 4.78 is 0. The molecule has 0 saturated heterocycles. The Kier molecular flexibility index (Phi) is 77100. The molecule has 0 unspecified atom stereocenters. The molecule has 1 radical (unpaired) electrons. The van der Waals surface area contributed by atoms with E-state index in [1.54, 1.807) is 0 Å². The maximum absolute atomic E-state index is 0. The van der Waals surface area contributed by atoms with E-state index in [0.29, 0.717) is 0 Å². The molecule has 0 bridgehead atoms. The summed E-state index contributed by atoms with van der Waals surface area (Å²) in [5, 5.41) is 0. The standard InChI is InChI=1S/ClH.Co.5H2O/h1H;;5*1H2/q;+2;;;;;/p-1. The smallest absolute Gasteiger partial charge is 1.00 e. The van der Waals surface area contributed by atoms with Gasteiger partial charge in [0.15, 0.2) is 0 Å².